The van der Waals surface area contributed by atoms with Crippen molar-refractivity contribution in [3.8, 4) is 5.69 Å². The molecule has 36 heavy (non-hydrogen) atoms. The number of carbonyl (C=O) groups is 4. The summed E-state index contributed by atoms with van der Waals surface area (Å²) < 4.78 is 7.04. The van der Waals surface area contributed by atoms with Gasteiger partial charge in [-0.05, 0) is 68.8 Å². The third-order valence-electron chi connectivity index (χ3n) is 5.71. The van der Waals surface area contributed by atoms with Crippen molar-refractivity contribution in [2.75, 3.05) is 18.5 Å². The molecule has 0 spiro atoms. The average Bonchev–Trinajstić information content (AvgIpc) is 3.28. The molecule has 4 rings (SSSR count). The number of imide groups is 1. The predicted molar refractivity (Wildman–Crippen MR) is 134 cm³/mol. The van der Waals surface area contributed by atoms with Crippen molar-refractivity contribution in [1.29, 1.82) is 0 Å². The Kier molecular flexibility index (Phi) is 7.00. The van der Waals surface area contributed by atoms with Gasteiger partial charge in [-0.25, -0.2) is 14.5 Å². The van der Waals surface area contributed by atoms with E-state index in [1.165, 1.54) is 0 Å². The van der Waals surface area contributed by atoms with Crippen LogP contribution in [0, 0.1) is 13.8 Å². The highest BCUT2D eigenvalue weighted by Gasteiger charge is 2.35. The second kappa shape index (κ2) is 10.3. The monoisotopic (exact) mass is 486 g/mol. The lowest BCUT2D eigenvalue weighted by Crippen LogP contribution is -2.38. The summed E-state index contributed by atoms with van der Waals surface area (Å²) in [6.45, 7) is 5.41. The summed E-state index contributed by atoms with van der Waals surface area (Å²) in [6, 6.07) is 17.1. The number of amides is 4. The van der Waals surface area contributed by atoms with Crippen LogP contribution in [0.1, 0.15) is 34.2 Å². The summed E-state index contributed by atoms with van der Waals surface area (Å²) in [5, 5.41) is 5.22. The van der Waals surface area contributed by atoms with E-state index in [2.05, 4.69) is 10.6 Å². The number of rotatable bonds is 7. The standard InChI is InChI=1S/C27H26N4O5/c1-4-36-26(34)19-9-8-12-22(14-19)31-17(2)13-20(18(31)3)15-23-25(33)30(27(35)29-23)16-24(32)28-21-10-6-5-7-11-21/h5-15H,4,16H2,1-3H3,(H,28,32)(H,29,35)/b23-15+. The highest BCUT2D eigenvalue weighted by Crippen LogP contribution is 2.25. The van der Waals surface area contributed by atoms with Gasteiger partial charge in [0, 0.05) is 22.8 Å². The molecule has 0 atom stereocenters. The Bertz CT molecular complexity index is 1370. The van der Waals surface area contributed by atoms with Crippen molar-refractivity contribution in [3.63, 3.8) is 0 Å². The number of nitrogens with zero attached hydrogens (tertiary/aromatic N) is 2. The van der Waals surface area contributed by atoms with E-state index in [0.717, 1.165) is 22.0 Å². The molecule has 0 radical (unpaired) electrons. The molecule has 1 aliphatic heterocycles. The lowest BCUT2D eigenvalue weighted by molar-refractivity contribution is -0.127. The van der Waals surface area contributed by atoms with Crippen LogP contribution in [0.15, 0.2) is 66.4 Å². The SMILES string of the molecule is CCOC(=O)c1cccc(-n2c(C)cc(/C=C3/NC(=O)N(CC(=O)Nc4ccccc4)C3=O)c2C)c1. The Labute approximate surface area is 208 Å². The molecule has 9 heteroatoms. The molecular weight excluding hydrogens is 460 g/mol. The van der Waals surface area contributed by atoms with E-state index in [4.69, 9.17) is 4.74 Å². The summed E-state index contributed by atoms with van der Waals surface area (Å²) in [5.74, 6) is -1.47. The van der Waals surface area contributed by atoms with Crippen LogP contribution in [0.4, 0.5) is 10.5 Å². The lowest BCUT2D eigenvalue weighted by atomic mass is 10.2. The molecule has 184 valence electrons. The highest BCUT2D eigenvalue weighted by atomic mass is 16.5. The van der Waals surface area contributed by atoms with Crippen LogP contribution in [0.2, 0.25) is 0 Å². The van der Waals surface area contributed by atoms with Crippen molar-refractivity contribution < 1.29 is 23.9 Å². The van der Waals surface area contributed by atoms with E-state index in [0.29, 0.717) is 16.8 Å². The maximum absolute atomic E-state index is 12.9. The average molecular weight is 487 g/mol. The number of hydrogen-bond acceptors (Lipinski definition) is 5. The van der Waals surface area contributed by atoms with Gasteiger partial charge < -0.3 is 19.9 Å². The number of hydrogen-bond donors (Lipinski definition) is 2. The Morgan fingerprint density at radius 2 is 1.78 bits per heavy atom. The zero-order valence-electron chi connectivity index (χ0n) is 20.2. The lowest BCUT2D eigenvalue weighted by Gasteiger charge is -2.12. The van der Waals surface area contributed by atoms with Crippen molar-refractivity contribution in [1.82, 2.24) is 14.8 Å². The molecule has 1 fully saturated rings. The molecule has 2 heterocycles. The largest absolute Gasteiger partial charge is 0.462 e. The summed E-state index contributed by atoms with van der Waals surface area (Å²) in [4.78, 5) is 50.7. The molecule has 0 saturated carbocycles. The van der Waals surface area contributed by atoms with E-state index in [1.807, 2.05) is 36.6 Å². The maximum Gasteiger partial charge on any atom is 0.338 e. The summed E-state index contributed by atoms with van der Waals surface area (Å²) >= 11 is 0. The quantitative estimate of drug-likeness (QED) is 0.300. The molecule has 1 saturated heterocycles. The van der Waals surface area contributed by atoms with Gasteiger partial charge >= 0.3 is 12.0 Å². The minimum absolute atomic E-state index is 0.0769. The molecular formula is C27H26N4O5. The van der Waals surface area contributed by atoms with Crippen molar-refractivity contribution in [3.05, 3.63) is 88.9 Å². The molecule has 4 amide bonds. The van der Waals surface area contributed by atoms with Crippen molar-refractivity contribution in [2.45, 2.75) is 20.8 Å². The molecule has 1 aliphatic rings. The third-order valence-corrected chi connectivity index (χ3v) is 5.71. The van der Waals surface area contributed by atoms with E-state index >= 15 is 0 Å². The third kappa shape index (κ3) is 5.05. The fourth-order valence-corrected chi connectivity index (χ4v) is 4.05. The minimum Gasteiger partial charge on any atom is -0.462 e. The molecule has 0 aliphatic carbocycles. The number of nitrogens with one attached hydrogen (secondary N) is 2. The Morgan fingerprint density at radius 3 is 2.50 bits per heavy atom. The first kappa shape index (κ1) is 24.5. The van der Waals surface area contributed by atoms with Crippen LogP contribution in [0.5, 0.6) is 0 Å². The second-order valence-electron chi connectivity index (χ2n) is 8.23. The Hall–Kier alpha value is -4.66. The molecule has 1 aromatic heterocycles. The molecule has 2 N–H and O–H groups in total. The van der Waals surface area contributed by atoms with Gasteiger partial charge in [-0.1, -0.05) is 24.3 Å². The van der Waals surface area contributed by atoms with Crippen LogP contribution in [0.25, 0.3) is 11.8 Å². The smallest absolute Gasteiger partial charge is 0.338 e. The van der Waals surface area contributed by atoms with Gasteiger partial charge in [-0.2, -0.15) is 0 Å². The fourth-order valence-electron chi connectivity index (χ4n) is 4.05. The van der Waals surface area contributed by atoms with Gasteiger partial charge in [-0.3, -0.25) is 9.59 Å². The molecule has 3 aromatic rings. The summed E-state index contributed by atoms with van der Waals surface area (Å²) in [7, 11) is 0. The van der Waals surface area contributed by atoms with E-state index < -0.39 is 30.4 Å². The van der Waals surface area contributed by atoms with Gasteiger partial charge in [0.05, 0.1) is 12.2 Å². The summed E-state index contributed by atoms with van der Waals surface area (Å²) in [6.07, 6.45) is 1.59. The van der Waals surface area contributed by atoms with E-state index in [1.54, 1.807) is 55.5 Å². The number of aromatic nitrogens is 1. The predicted octanol–water partition coefficient (Wildman–Crippen LogP) is 3.80. The first-order valence-electron chi connectivity index (χ1n) is 11.4. The van der Waals surface area contributed by atoms with Gasteiger partial charge in [0.2, 0.25) is 5.91 Å². The maximum atomic E-state index is 12.9. The Morgan fingerprint density at radius 1 is 1.03 bits per heavy atom. The number of para-hydroxylation sites is 1. The van der Waals surface area contributed by atoms with Gasteiger partial charge in [0.15, 0.2) is 0 Å². The zero-order valence-corrected chi connectivity index (χ0v) is 20.2. The van der Waals surface area contributed by atoms with Crippen LogP contribution < -0.4 is 10.6 Å². The highest BCUT2D eigenvalue weighted by molar-refractivity contribution is 6.16. The van der Waals surface area contributed by atoms with Crippen LogP contribution in [0.3, 0.4) is 0 Å². The van der Waals surface area contributed by atoms with E-state index in [9.17, 15) is 19.2 Å². The van der Waals surface area contributed by atoms with Gasteiger partial charge in [-0.15, -0.1) is 0 Å². The van der Waals surface area contributed by atoms with Gasteiger partial charge in [0.1, 0.15) is 12.2 Å². The van der Waals surface area contributed by atoms with Crippen molar-refractivity contribution >= 4 is 35.6 Å². The number of benzene rings is 2. The second-order valence-corrected chi connectivity index (χ2v) is 8.23. The first-order valence-corrected chi connectivity index (χ1v) is 11.4. The zero-order chi connectivity index (χ0) is 25.8. The number of esters is 1. The number of urea groups is 1. The number of ether oxygens (including phenoxy) is 1. The first-order chi connectivity index (χ1) is 17.3. The molecule has 0 unspecified atom stereocenters. The summed E-state index contributed by atoms with van der Waals surface area (Å²) in [5.41, 5.74) is 4.25. The normalized spacial score (nSPS) is 14.2. The molecule has 2 aromatic carbocycles. The molecule has 9 nitrogen and oxygen atoms in total. The molecule has 0 bridgehead atoms. The fraction of sp³-hybridized carbons (Fsp3) is 0.185. The van der Waals surface area contributed by atoms with Crippen LogP contribution >= 0.6 is 0 Å². The Balaban J connectivity index is 1.55. The number of anilines is 1. The van der Waals surface area contributed by atoms with Gasteiger partial charge in [0.25, 0.3) is 5.91 Å². The van der Waals surface area contributed by atoms with Crippen LogP contribution in [-0.2, 0) is 14.3 Å². The van der Waals surface area contributed by atoms with E-state index in [-0.39, 0.29) is 12.3 Å². The minimum atomic E-state index is -0.662. The number of carbonyl (C=O) groups excluding carboxylic acids is 4. The van der Waals surface area contributed by atoms with Crippen LogP contribution in [-0.4, -0.2) is 46.4 Å². The number of aryl methyl sites for hydroxylation is 1. The topological polar surface area (TPSA) is 110 Å². The van der Waals surface area contributed by atoms with Crippen molar-refractivity contribution in [2.24, 2.45) is 0 Å².